The molecule has 21 heavy (non-hydrogen) atoms. The predicted octanol–water partition coefficient (Wildman–Crippen LogP) is 6.47. The first-order valence-corrected chi connectivity index (χ1v) is 13.6. The minimum absolute atomic E-state index is 0.552. The van der Waals surface area contributed by atoms with E-state index in [0.29, 0.717) is 11.8 Å². The van der Waals surface area contributed by atoms with Gasteiger partial charge in [0.1, 0.15) is 0 Å². The standard InChI is InChI=1S/C12H12.C6H12.2ClH.Zr/c1-3-7-11(8-4-1)12-9-5-2-6-10-12;1-3-5-6-4-2;;;/h1-12H;6H,1,3-5H2,2H3;2*1H;/q2*-2;;;+2/p-2. The number of halogens is 2. The van der Waals surface area contributed by atoms with Crippen molar-refractivity contribution in [2.45, 2.75) is 26.2 Å². The van der Waals surface area contributed by atoms with Crippen LogP contribution in [0.15, 0.2) is 48.6 Å². The Labute approximate surface area is 150 Å². The molecular formula is C18H24Cl2Zr-4. The SMILES string of the molecule is C1=C[CH-]C(C2C=CC=C[CH-]2)C=C1.[CH2-]CC[CH-]CC.[Cl][Zr][Cl]. The van der Waals surface area contributed by atoms with Gasteiger partial charge in [-0.3, -0.25) is 0 Å². The van der Waals surface area contributed by atoms with Crippen LogP contribution in [0.4, 0.5) is 0 Å². The maximum atomic E-state index is 4.93. The summed E-state index contributed by atoms with van der Waals surface area (Å²) in [6.07, 6.45) is 27.2. The van der Waals surface area contributed by atoms with Crippen LogP contribution in [0.5, 0.6) is 0 Å². The molecule has 0 fully saturated rings. The third kappa shape index (κ3) is 12.4. The molecule has 0 bridgehead atoms. The van der Waals surface area contributed by atoms with Crippen LogP contribution in [0.25, 0.3) is 0 Å². The molecule has 2 aliphatic carbocycles. The summed E-state index contributed by atoms with van der Waals surface area (Å²) in [7, 11) is 9.87. The quantitative estimate of drug-likeness (QED) is 0.373. The summed E-state index contributed by atoms with van der Waals surface area (Å²) >= 11 is -0.826. The van der Waals surface area contributed by atoms with Crippen molar-refractivity contribution in [3.63, 3.8) is 0 Å². The van der Waals surface area contributed by atoms with Crippen LogP contribution in [-0.2, 0) is 20.8 Å². The van der Waals surface area contributed by atoms with Gasteiger partial charge in [-0.1, -0.05) is 18.8 Å². The van der Waals surface area contributed by atoms with E-state index in [9.17, 15) is 0 Å². The van der Waals surface area contributed by atoms with Gasteiger partial charge in [0, 0.05) is 0 Å². The van der Waals surface area contributed by atoms with Crippen molar-refractivity contribution in [3.05, 3.63) is 74.8 Å². The van der Waals surface area contributed by atoms with Gasteiger partial charge in [-0.25, -0.2) is 50.0 Å². The van der Waals surface area contributed by atoms with Crippen LogP contribution in [0.3, 0.4) is 0 Å². The number of hydrogen-bond acceptors (Lipinski definition) is 0. The van der Waals surface area contributed by atoms with E-state index in [-0.39, 0.29) is 0 Å². The molecule has 0 saturated heterocycles. The van der Waals surface area contributed by atoms with Gasteiger partial charge in [0.25, 0.3) is 0 Å². The summed E-state index contributed by atoms with van der Waals surface area (Å²) in [6, 6.07) is 0. The summed E-state index contributed by atoms with van der Waals surface area (Å²) in [5.74, 6) is 1.10. The molecule has 0 amide bonds. The van der Waals surface area contributed by atoms with Crippen molar-refractivity contribution in [1.82, 2.24) is 0 Å². The van der Waals surface area contributed by atoms with Gasteiger partial charge in [0.15, 0.2) is 0 Å². The number of unbranched alkanes of at least 4 members (excludes halogenated alkanes) is 3. The van der Waals surface area contributed by atoms with E-state index in [0.717, 1.165) is 6.42 Å². The third-order valence-corrected chi connectivity index (χ3v) is 2.92. The Morgan fingerprint density at radius 1 is 1.05 bits per heavy atom. The molecule has 0 aromatic heterocycles. The fourth-order valence-electron chi connectivity index (χ4n) is 1.89. The molecule has 0 aliphatic heterocycles. The van der Waals surface area contributed by atoms with Crippen molar-refractivity contribution < 1.29 is 20.8 Å². The molecule has 3 heteroatoms. The van der Waals surface area contributed by atoms with Gasteiger partial charge < -0.3 is 13.3 Å². The second-order valence-electron chi connectivity index (χ2n) is 4.49. The average Bonchev–Trinajstić information content (AvgIpc) is 2.56. The van der Waals surface area contributed by atoms with Crippen molar-refractivity contribution in [1.29, 1.82) is 0 Å². The second kappa shape index (κ2) is 16.5. The summed E-state index contributed by atoms with van der Waals surface area (Å²) in [6.45, 7) is 5.84. The number of hydrogen-bond donors (Lipinski definition) is 0. The normalized spacial score (nSPS) is 21.1. The zero-order valence-corrected chi connectivity index (χ0v) is 16.6. The van der Waals surface area contributed by atoms with E-state index in [4.69, 9.17) is 17.0 Å². The van der Waals surface area contributed by atoms with Crippen LogP contribution in [-0.4, -0.2) is 0 Å². The van der Waals surface area contributed by atoms with E-state index in [1.165, 1.54) is 12.8 Å². The fourth-order valence-corrected chi connectivity index (χ4v) is 1.89. The molecule has 2 rings (SSSR count). The molecule has 118 valence electrons. The van der Waals surface area contributed by atoms with E-state index >= 15 is 0 Å². The topological polar surface area (TPSA) is 0 Å². The van der Waals surface area contributed by atoms with Gasteiger partial charge in [-0.15, -0.1) is 24.3 Å². The first-order valence-electron chi connectivity index (χ1n) is 7.23. The summed E-state index contributed by atoms with van der Waals surface area (Å²) in [5, 5.41) is 0. The summed E-state index contributed by atoms with van der Waals surface area (Å²) < 4.78 is 0. The third-order valence-electron chi connectivity index (χ3n) is 2.92. The molecule has 2 unspecified atom stereocenters. The van der Waals surface area contributed by atoms with E-state index < -0.39 is 20.8 Å². The van der Waals surface area contributed by atoms with Gasteiger partial charge in [0.2, 0.25) is 0 Å². The monoisotopic (exact) mass is 400 g/mol. The van der Waals surface area contributed by atoms with Crippen LogP contribution in [0.1, 0.15) is 26.2 Å². The molecule has 0 heterocycles. The molecule has 0 aromatic carbocycles. The molecule has 0 aromatic rings. The Kier molecular flexibility index (Phi) is 16.7. The Morgan fingerprint density at radius 2 is 1.52 bits per heavy atom. The van der Waals surface area contributed by atoms with Crippen molar-refractivity contribution >= 4 is 17.0 Å². The first kappa shape index (κ1) is 21.2. The van der Waals surface area contributed by atoms with Crippen LogP contribution >= 0.6 is 17.0 Å². The second-order valence-corrected chi connectivity index (χ2v) is 8.22. The van der Waals surface area contributed by atoms with Crippen molar-refractivity contribution in [2.24, 2.45) is 11.8 Å². The van der Waals surface area contributed by atoms with Gasteiger partial charge >= 0.3 is 37.9 Å². The Balaban J connectivity index is 0.000000378. The molecule has 2 aliphatic rings. The summed E-state index contributed by atoms with van der Waals surface area (Å²) in [5.41, 5.74) is 0. The van der Waals surface area contributed by atoms with Gasteiger partial charge in [-0.2, -0.15) is 6.42 Å². The van der Waals surface area contributed by atoms with Crippen molar-refractivity contribution in [2.75, 3.05) is 0 Å². The fraction of sp³-hybridized carbons (Fsp3) is 0.333. The Bertz CT molecular complexity index is 300. The molecular weight excluding hydrogens is 378 g/mol. The van der Waals surface area contributed by atoms with Gasteiger partial charge in [0.05, 0.1) is 0 Å². The van der Waals surface area contributed by atoms with Crippen molar-refractivity contribution in [3.8, 4) is 0 Å². The van der Waals surface area contributed by atoms with Crippen LogP contribution in [0, 0.1) is 38.0 Å². The average molecular weight is 403 g/mol. The molecule has 0 nitrogen and oxygen atoms in total. The Morgan fingerprint density at radius 3 is 1.76 bits per heavy atom. The van der Waals surface area contributed by atoms with Gasteiger partial charge in [-0.05, 0) is 0 Å². The summed E-state index contributed by atoms with van der Waals surface area (Å²) in [4.78, 5) is 0. The number of allylic oxidation sites excluding steroid dienone is 8. The van der Waals surface area contributed by atoms with E-state index in [1.54, 1.807) is 0 Å². The Hall–Kier alpha value is 0.163. The zero-order chi connectivity index (χ0) is 15.8. The maximum absolute atomic E-state index is 4.93. The van der Waals surface area contributed by atoms with E-state index in [2.05, 4.69) is 81.7 Å². The molecule has 2 atom stereocenters. The van der Waals surface area contributed by atoms with Crippen LogP contribution < -0.4 is 0 Å². The number of rotatable bonds is 4. The minimum atomic E-state index is -0.826. The zero-order valence-electron chi connectivity index (χ0n) is 12.6. The van der Waals surface area contributed by atoms with Crippen LogP contribution in [0.2, 0.25) is 0 Å². The van der Waals surface area contributed by atoms with E-state index in [1.807, 2.05) is 0 Å². The molecule has 0 spiro atoms. The predicted molar refractivity (Wildman–Crippen MR) is 93.0 cm³/mol. The molecule has 0 radical (unpaired) electrons. The molecule has 0 N–H and O–H groups in total. The first-order chi connectivity index (χ1) is 10.3. The molecule has 0 saturated carbocycles.